The van der Waals surface area contributed by atoms with Crippen LogP contribution in [0.25, 0.3) is 0 Å². The third-order valence-electron chi connectivity index (χ3n) is 6.80. The second-order valence-corrected chi connectivity index (χ2v) is 8.17. The van der Waals surface area contributed by atoms with Crippen molar-refractivity contribution < 1.29 is 23.7 Å². The van der Waals surface area contributed by atoms with Crippen LogP contribution >= 0.6 is 0 Å². The fourth-order valence-electron chi connectivity index (χ4n) is 5.56. The van der Waals surface area contributed by atoms with Gasteiger partial charge in [0.15, 0.2) is 23.0 Å². The molecule has 6 nitrogen and oxygen atoms in total. The number of benzene rings is 2. The molecule has 2 aromatic rings. The molecule has 3 aliphatic rings. The predicted molar refractivity (Wildman–Crippen MR) is 109 cm³/mol. The van der Waals surface area contributed by atoms with Gasteiger partial charge in [-0.25, -0.2) is 0 Å². The van der Waals surface area contributed by atoms with Crippen LogP contribution in [0.15, 0.2) is 18.2 Å². The molecule has 0 spiro atoms. The molecule has 6 heteroatoms. The van der Waals surface area contributed by atoms with Crippen molar-refractivity contribution in [1.82, 2.24) is 4.90 Å². The van der Waals surface area contributed by atoms with Crippen LogP contribution in [0.4, 0.5) is 0 Å². The van der Waals surface area contributed by atoms with Crippen molar-refractivity contribution >= 4 is 0 Å². The van der Waals surface area contributed by atoms with E-state index in [4.69, 9.17) is 23.7 Å². The van der Waals surface area contributed by atoms with Crippen LogP contribution in [-0.4, -0.2) is 46.5 Å². The number of methoxy groups -OCH3 is 4. The van der Waals surface area contributed by atoms with Gasteiger partial charge in [-0.1, -0.05) is 13.0 Å². The third kappa shape index (κ3) is 2.32. The number of nitrogens with zero attached hydrogens (tertiary/aromatic N) is 1. The SMILES string of the molecule is COc1ccc2c(c1OC)CN1CCc3cc(OC)c(OC)c4c3C1C2(C)CO4. The molecule has 29 heavy (non-hydrogen) atoms. The molecule has 2 aromatic carbocycles. The largest absolute Gasteiger partial charge is 0.493 e. The Balaban J connectivity index is 1.75. The summed E-state index contributed by atoms with van der Waals surface area (Å²) in [5.74, 6) is 3.86. The number of rotatable bonds is 4. The first-order valence-corrected chi connectivity index (χ1v) is 9.96. The van der Waals surface area contributed by atoms with Crippen LogP contribution in [0, 0.1) is 0 Å². The zero-order chi connectivity index (χ0) is 20.3. The molecule has 3 aliphatic heterocycles. The molecular weight excluding hydrogens is 370 g/mol. The maximum absolute atomic E-state index is 6.41. The average molecular weight is 397 g/mol. The highest BCUT2D eigenvalue weighted by atomic mass is 16.5. The Morgan fingerprint density at radius 1 is 1.00 bits per heavy atom. The van der Waals surface area contributed by atoms with Crippen LogP contribution in [0.3, 0.4) is 0 Å². The van der Waals surface area contributed by atoms with Gasteiger partial charge >= 0.3 is 0 Å². The van der Waals surface area contributed by atoms with Crippen molar-refractivity contribution in [2.24, 2.45) is 0 Å². The first-order valence-electron chi connectivity index (χ1n) is 9.96. The number of hydrogen-bond acceptors (Lipinski definition) is 6. The first kappa shape index (κ1) is 18.4. The maximum atomic E-state index is 6.41. The molecule has 154 valence electrons. The van der Waals surface area contributed by atoms with Gasteiger partial charge in [0, 0.05) is 29.6 Å². The van der Waals surface area contributed by atoms with Crippen molar-refractivity contribution in [2.75, 3.05) is 41.6 Å². The minimum Gasteiger partial charge on any atom is -0.493 e. The zero-order valence-electron chi connectivity index (χ0n) is 17.6. The van der Waals surface area contributed by atoms with Crippen LogP contribution < -0.4 is 23.7 Å². The highest BCUT2D eigenvalue weighted by molar-refractivity contribution is 5.65. The number of ether oxygens (including phenoxy) is 5. The van der Waals surface area contributed by atoms with Crippen molar-refractivity contribution in [3.05, 3.63) is 40.5 Å². The molecule has 3 heterocycles. The fourth-order valence-corrected chi connectivity index (χ4v) is 5.56. The topological polar surface area (TPSA) is 49.4 Å². The lowest BCUT2D eigenvalue weighted by Gasteiger charge is -2.54. The van der Waals surface area contributed by atoms with Crippen LogP contribution in [0.1, 0.15) is 35.2 Å². The highest BCUT2D eigenvalue weighted by Crippen LogP contribution is 2.60. The summed E-state index contributed by atoms with van der Waals surface area (Å²) in [6, 6.07) is 6.53. The summed E-state index contributed by atoms with van der Waals surface area (Å²) in [6.07, 6.45) is 0.945. The van der Waals surface area contributed by atoms with Crippen molar-refractivity contribution in [3.8, 4) is 28.7 Å². The smallest absolute Gasteiger partial charge is 0.203 e. The summed E-state index contributed by atoms with van der Waals surface area (Å²) >= 11 is 0. The zero-order valence-corrected chi connectivity index (χ0v) is 17.6. The van der Waals surface area contributed by atoms with Gasteiger partial charge < -0.3 is 23.7 Å². The molecule has 2 atom stereocenters. The predicted octanol–water partition coefficient (Wildman–Crippen LogP) is 3.48. The van der Waals surface area contributed by atoms with Gasteiger partial charge in [0.25, 0.3) is 0 Å². The van der Waals surface area contributed by atoms with Gasteiger partial charge in [-0.15, -0.1) is 0 Å². The summed E-state index contributed by atoms with van der Waals surface area (Å²) in [5, 5.41) is 0. The molecule has 0 saturated carbocycles. The Morgan fingerprint density at radius 2 is 1.76 bits per heavy atom. The van der Waals surface area contributed by atoms with Crippen LogP contribution in [-0.2, 0) is 18.4 Å². The second kappa shape index (κ2) is 6.46. The molecular formula is C23H27NO5. The Kier molecular flexibility index (Phi) is 4.10. The Hall–Kier alpha value is -2.60. The molecule has 0 aromatic heterocycles. The van der Waals surface area contributed by atoms with E-state index in [1.54, 1.807) is 28.4 Å². The lowest BCUT2D eigenvalue weighted by atomic mass is 9.65. The molecule has 0 N–H and O–H groups in total. The van der Waals surface area contributed by atoms with E-state index in [9.17, 15) is 0 Å². The van der Waals surface area contributed by atoms with Gasteiger partial charge in [-0.3, -0.25) is 4.90 Å². The second-order valence-electron chi connectivity index (χ2n) is 8.17. The fraction of sp³-hybridized carbons (Fsp3) is 0.478. The van der Waals surface area contributed by atoms with E-state index in [0.29, 0.717) is 12.4 Å². The van der Waals surface area contributed by atoms with E-state index in [0.717, 1.165) is 42.5 Å². The van der Waals surface area contributed by atoms with Crippen LogP contribution in [0.2, 0.25) is 0 Å². The van der Waals surface area contributed by atoms with Crippen molar-refractivity contribution in [3.63, 3.8) is 0 Å². The molecule has 5 rings (SSSR count). The van der Waals surface area contributed by atoms with Crippen molar-refractivity contribution in [2.45, 2.75) is 31.3 Å². The minimum absolute atomic E-state index is 0.199. The highest BCUT2D eigenvalue weighted by Gasteiger charge is 2.53. The number of fused-ring (bicyclic) bond motifs is 2. The van der Waals surface area contributed by atoms with E-state index in [1.807, 2.05) is 6.07 Å². The summed E-state index contributed by atoms with van der Waals surface area (Å²) in [4.78, 5) is 2.55. The lowest BCUT2D eigenvalue weighted by molar-refractivity contribution is 0.0309. The Morgan fingerprint density at radius 3 is 2.45 bits per heavy atom. The Labute approximate surface area is 171 Å². The monoisotopic (exact) mass is 397 g/mol. The van der Waals surface area contributed by atoms with Gasteiger partial charge in [-0.05, 0) is 29.7 Å². The van der Waals surface area contributed by atoms with Crippen molar-refractivity contribution in [1.29, 1.82) is 0 Å². The molecule has 0 bridgehead atoms. The summed E-state index contributed by atoms with van der Waals surface area (Å²) in [7, 11) is 6.75. The summed E-state index contributed by atoms with van der Waals surface area (Å²) in [6.45, 7) is 4.65. The first-order chi connectivity index (χ1) is 14.1. The lowest BCUT2D eigenvalue weighted by Crippen LogP contribution is -2.54. The normalized spacial score (nSPS) is 24.1. The minimum atomic E-state index is -0.199. The summed E-state index contributed by atoms with van der Waals surface area (Å²) < 4.78 is 29.0. The van der Waals surface area contributed by atoms with E-state index in [2.05, 4.69) is 24.0 Å². The molecule has 2 unspecified atom stereocenters. The van der Waals surface area contributed by atoms with Gasteiger partial charge in [-0.2, -0.15) is 0 Å². The standard InChI is InChI=1S/C23H27NO5/c1-23-12-29-21-18-13(10-17(26-3)20(21)28-5)8-9-24(22(18)23)11-14-15(23)6-7-16(25-2)19(14)27-4/h6-7,10,22H,8-9,11-12H2,1-5H3. The van der Waals surface area contributed by atoms with Gasteiger partial charge in [0.1, 0.15) is 0 Å². The van der Waals surface area contributed by atoms with E-state index in [-0.39, 0.29) is 11.5 Å². The molecule has 0 saturated heterocycles. The van der Waals surface area contributed by atoms with Gasteiger partial charge in [0.05, 0.1) is 41.1 Å². The Bertz CT molecular complexity index is 988. The molecule has 0 amide bonds. The molecule has 0 radical (unpaired) electrons. The molecule has 0 fully saturated rings. The number of hydrogen-bond donors (Lipinski definition) is 0. The quantitative estimate of drug-likeness (QED) is 0.787. The van der Waals surface area contributed by atoms with E-state index < -0.39 is 0 Å². The average Bonchev–Trinajstić information content (AvgIpc) is 2.75. The van der Waals surface area contributed by atoms with Crippen LogP contribution in [0.5, 0.6) is 28.7 Å². The maximum Gasteiger partial charge on any atom is 0.203 e. The van der Waals surface area contributed by atoms with E-state index in [1.165, 1.54) is 22.3 Å². The summed E-state index contributed by atoms with van der Waals surface area (Å²) in [5.41, 5.74) is 4.79. The van der Waals surface area contributed by atoms with Gasteiger partial charge in [0.2, 0.25) is 5.75 Å². The third-order valence-corrected chi connectivity index (χ3v) is 6.80. The van der Waals surface area contributed by atoms with E-state index >= 15 is 0 Å². The molecule has 0 aliphatic carbocycles.